The highest BCUT2D eigenvalue weighted by atomic mass is 16.6. The zero-order valence-corrected chi connectivity index (χ0v) is 11.9. The summed E-state index contributed by atoms with van der Waals surface area (Å²) in [5.74, 6) is 0. The largest absolute Gasteiger partial charge is 0.396 e. The molecule has 8 heteroatoms. The number of rotatable bonds is 8. The Hall–Kier alpha value is -1.74. The first-order valence-electron chi connectivity index (χ1n) is 6.63. The summed E-state index contributed by atoms with van der Waals surface area (Å²) in [4.78, 5) is 10.2. The van der Waals surface area contributed by atoms with Gasteiger partial charge in [0.25, 0.3) is 5.69 Å². The molecule has 0 saturated heterocycles. The van der Waals surface area contributed by atoms with Crippen LogP contribution >= 0.6 is 0 Å². The lowest BCUT2D eigenvalue weighted by Gasteiger charge is -2.03. The third-order valence-corrected chi connectivity index (χ3v) is 2.51. The summed E-state index contributed by atoms with van der Waals surface area (Å²) < 4.78 is 0. The fourth-order valence-corrected chi connectivity index (χ4v) is 1.59. The van der Waals surface area contributed by atoms with Crippen molar-refractivity contribution in [2.75, 3.05) is 38.6 Å². The van der Waals surface area contributed by atoms with Gasteiger partial charge in [-0.15, -0.1) is 0 Å². The summed E-state index contributed by atoms with van der Waals surface area (Å²) in [5.41, 5.74) is 6.19. The first kappa shape index (κ1) is 19.3. The van der Waals surface area contributed by atoms with Gasteiger partial charge in [0.2, 0.25) is 0 Å². The van der Waals surface area contributed by atoms with Crippen LogP contribution < -0.4 is 11.1 Å². The van der Waals surface area contributed by atoms with E-state index < -0.39 is 4.92 Å². The number of nitro benzene ring substituents is 1. The zero-order valence-electron chi connectivity index (χ0n) is 11.9. The minimum Gasteiger partial charge on any atom is -0.396 e. The van der Waals surface area contributed by atoms with Crippen molar-refractivity contribution in [2.45, 2.75) is 12.8 Å². The monoisotopic (exact) mass is 301 g/mol. The molecule has 0 aromatic heterocycles. The number of nitrogens with zero attached hydrogens (tertiary/aromatic N) is 1. The lowest BCUT2D eigenvalue weighted by Crippen LogP contribution is -2.21. The molecule has 0 fully saturated rings. The van der Waals surface area contributed by atoms with Gasteiger partial charge in [0.1, 0.15) is 5.69 Å². The number of aliphatic hydroxyl groups excluding tert-OH is 3. The number of para-hydroxylation sites is 1. The van der Waals surface area contributed by atoms with Gasteiger partial charge >= 0.3 is 0 Å². The van der Waals surface area contributed by atoms with Gasteiger partial charge in [0.05, 0.1) is 18.1 Å². The molecule has 8 nitrogen and oxygen atoms in total. The van der Waals surface area contributed by atoms with Crippen molar-refractivity contribution in [3.63, 3.8) is 0 Å². The average Bonchev–Trinajstić information content (AvgIpc) is 2.46. The van der Waals surface area contributed by atoms with E-state index in [0.717, 1.165) is 0 Å². The smallest absolute Gasteiger partial charge is 0.295 e. The van der Waals surface area contributed by atoms with Gasteiger partial charge in [-0.05, 0) is 18.9 Å². The lowest BCUT2D eigenvalue weighted by molar-refractivity contribution is -0.384. The van der Waals surface area contributed by atoms with E-state index in [1.807, 2.05) is 0 Å². The minimum atomic E-state index is -0.484. The molecule has 0 atom stereocenters. The summed E-state index contributed by atoms with van der Waals surface area (Å²) in [6, 6.07) is 4.83. The van der Waals surface area contributed by atoms with Gasteiger partial charge in [0.15, 0.2) is 0 Å². The maximum absolute atomic E-state index is 10.7. The molecule has 0 unspecified atom stereocenters. The van der Waals surface area contributed by atoms with Crippen molar-refractivity contribution in [3.05, 3.63) is 33.9 Å². The van der Waals surface area contributed by atoms with E-state index in [9.17, 15) is 10.1 Å². The normalized spacial score (nSPS) is 9.86. The maximum Gasteiger partial charge on any atom is 0.295 e. The fourth-order valence-electron chi connectivity index (χ4n) is 1.59. The number of nitrogen functional groups attached to an aromatic ring is 1. The van der Waals surface area contributed by atoms with Crippen LogP contribution in [-0.2, 0) is 6.42 Å². The fraction of sp³-hybridized carbons (Fsp3) is 0.538. The molecule has 0 saturated carbocycles. The Morgan fingerprint density at radius 3 is 2.24 bits per heavy atom. The van der Waals surface area contributed by atoms with Gasteiger partial charge in [0, 0.05) is 25.3 Å². The van der Waals surface area contributed by atoms with E-state index in [1.165, 1.54) is 6.07 Å². The number of anilines is 1. The van der Waals surface area contributed by atoms with E-state index in [1.54, 1.807) is 12.1 Å². The molecule has 0 bridgehead atoms. The van der Waals surface area contributed by atoms with Crippen molar-refractivity contribution in [1.82, 2.24) is 5.32 Å². The van der Waals surface area contributed by atoms with Crippen LogP contribution in [0.1, 0.15) is 12.0 Å². The molecule has 0 spiro atoms. The van der Waals surface area contributed by atoms with Crippen LogP contribution in [0.3, 0.4) is 0 Å². The number of nitrogens with two attached hydrogens (primary N) is 1. The van der Waals surface area contributed by atoms with Crippen LogP contribution in [0.2, 0.25) is 0 Å². The highest BCUT2D eigenvalue weighted by Crippen LogP contribution is 2.26. The van der Waals surface area contributed by atoms with Gasteiger partial charge in [-0.2, -0.15) is 0 Å². The van der Waals surface area contributed by atoms with Crippen molar-refractivity contribution in [2.24, 2.45) is 0 Å². The Morgan fingerprint density at radius 2 is 1.76 bits per heavy atom. The van der Waals surface area contributed by atoms with Crippen molar-refractivity contribution >= 4 is 11.4 Å². The number of benzene rings is 1. The number of aryl methyl sites for hydroxylation is 1. The second-order valence-electron chi connectivity index (χ2n) is 4.14. The third kappa shape index (κ3) is 8.20. The van der Waals surface area contributed by atoms with Crippen molar-refractivity contribution in [3.8, 4) is 0 Å². The molecule has 0 radical (unpaired) electrons. The lowest BCUT2D eigenvalue weighted by atomic mass is 10.1. The summed E-state index contributed by atoms with van der Waals surface area (Å²) in [6.07, 6.45) is 0.974. The molecule has 1 aromatic rings. The number of nitrogens with one attached hydrogen (secondary N) is 1. The third-order valence-electron chi connectivity index (χ3n) is 2.51. The Balaban J connectivity index is 0.000000486. The standard InChI is InChI=1S/C9H12N2O3.C4H11NO2/c10-8-5-1-3-7(4-2-6-12)9(8)11(13)14;6-3-1-5-2-4-7/h1,3,5,12H,2,4,6,10H2;5-7H,1-4H2. The van der Waals surface area contributed by atoms with Crippen LogP contribution in [0.5, 0.6) is 0 Å². The van der Waals surface area contributed by atoms with Gasteiger partial charge in [-0.1, -0.05) is 12.1 Å². The molecule has 0 aliphatic carbocycles. The van der Waals surface area contributed by atoms with Crippen LogP contribution in [0, 0.1) is 10.1 Å². The Morgan fingerprint density at radius 1 is 1.14 bits per heavy atom. The van der Waals surface area contributed by atoms with Crippen LogP contribution in [0.15, 0.2) is 18.2 Å². The predicted octanol–water partition coefficient (Wildman–Crippen LogP) is -0.338. The number of nitro groups is 1. The number of hydrogen-bond acceptors (Lipinski definition) is 7. The van der Waals surface area contributed by atoms with Gasteiger partial charge in [-0.25, -0.2) is 0 Å². The molecule has 120 valence electrons. The second-order valence-corrected chi connectivity index (χ2v) is 4.14. The van der Waals surface area contributed by atoms with E-state index in [4.69, 9.17) is 21.1 Å². The Bertz CT molecular complexity index is 411. The minimum absolute atomic E-state index is 0.0198. The molecule has 0 aliphatic rings. The quantitative estimate of drug-likeness (QED) is 0.191. The van der Waals surface area contributed by atoms with E-state index in [-0.39, 0.29) is 31.2 Å². The number of aliphatic hydroxyl groups is 3. The first-order chi connectivity index (χ1) is 10.1. The summed E-state index contributed by atoms with van der Waals surface area (Å²) in [7, 11) is 0. The van der Waals surface area contributed by atoms with Crippen LogP contribution in [0.4, 0.5) is 11.4 Å². The molecular formula is C13H23N3O5. The molecule has 1 rings (SSSR count). The molecule has 1 aromatic carbocycles. The maximum atomic E-state index is 10.7. The summed E-state index contributed by atoms with van der Waals surface area (Å²) >= 11 is 0. The Kier molecular flexibility index (Phi) is 11.0. The second kappa shape index (κ2) is 12.0. The van der Waals surface area contributed by atoms with E-state index >= 15 is 0 Å². The summed E-state index contributed by atoms with van der Waals surface area (Å²) in [5, 5.41) is 38.4. The zero-order chi connectivity index (χ0) is 16.1. The highest BCUT2D eigenvalue weighted by molar-refractivity contribution is 5.62. The topological polar surface area (TPSA) is 142 Å². The van der Waals surface area contributed by atoms with Crippen LogP contribution in [0.25, 0.3) is 0 Å². The molecule has 0 aliphatic heterocycles. The molecule has 6 N–H and O–H groups in total. The van der Waals surface area contributed by atoms with Gasteiger partial charge < -0.3 is 26.4 Å². The van der Waals surface area contributed by atoms with E-state index in [0.29, 0.717) is 31.5 Å². The van der Waals surface area contributed by atoms with Crippen molar-refractivity contribution < 1.29 is 20.2 Å². The molecular weight excluding hydrogens is 278 g/mol. The molecule has 21 heavy (non-hydrogen) atoms. The number of hydrogen-bond donors (Lipinski definition) is 5. The van der Waals surface area contributed by atoms with Crippen molar-refractivity contribution in [1.29, 1.82) is 0 Å². The Labute approximate surface area is 123 Å². The molecule has 0 heterocycles. The van der Waals surface area contributed by atoms with Gasteiger partial charge in [-0.3, -0.25) is 10.1 Å². The van der Waals surface area contributed by atoms with Crippen LogP contribution in [-0.4, -0.2) is 53.2 Å². The predicted molar refractivity (Wildman–Crippen MR) is 80.0 cm³/mol. The first-order valence-corrected chi connectivity index (χ1v) is 6.63. The SMILES string of the molecule is Nc1cccc(CCCO)c1[N+](=O)[O-].OCCNCCO. The highest BCUT2D eigenvalue weighted by Gasteiger charge is 2.16. The summed E-state index contributed by atoms with van der Waals surface area (Å²) in [6.45, 7) is 1.44. The van der Waals surface area contributed by atoms with E-state index in [2.05, 4.69) is 5.32 Å². The molecule has 0 amide bonds. The average molecular weight is 301 g/mol.